The first-order chi connectivity index (χ1) is 14.5. The molecule has 31 heavy (non-hydrogen) atoms. The number of pyridine rings is 1. The van der Waals surface area contributed by atoms with Crippen molar-refractivity contribution in [3.63, 3.8) is 0 Å². The third kappa shape index (κ3) is 4.93. The van der Waals surface area contributed by atoms with Crippen LogP contribution in [0.25, 0.3) is 0 Å². The van der Waals surface area contributed by atoms with Gasteiger partial charge < -0.3 is 15.0 Å². The normalized spacial score (nSPS) is 25.2. The van der Waals surface area contributed by atoms with Crippen LogP contribution in [0.15, 0.2) is 12.1 Å². The summed E-state index contributed by atoms with van der Waals surface area (Å²) in [7, 11) is 3.42. The maximum atomic E-state index is 13.5. The van der Waals surface area contributed by atoms with E-state index in [1.165, 1.54) is 17.7 Å². The molecular weight excluding hydrogens is 392 g/mol. The van der Waals surface area contributed by atoms with E-state index in [0.717, 1.165) is 44.9 Å². The van der Waals surface area contributed by atoms with E-state index in [1.807, 2.05) is 0 Å². The zero-order chi connectivity index (χ0) is 22.8. The van der Waals surface area contributed by atoms with E-state index < -0.39 is 0 Å². The van der Waals surface area contributed by atoms with Gasteiger partial charge in [0.05, 0.1) is 24.3 Å². The number of nitrogens with one attached hydrogen (secondary N) is 1. The van der Waals surface area contributed by atoms with E-state index in [9.17, 15) is 9.59 Å². The predicted molar refractivity (Wildman–Crippen MR) is 121 cm³/mol. The monoisotopic (exact) mass is 431 g/mol. The van der Waals surface area contributed by atoms with Crippen LogP contribution in [0.4, 0.5) is 4.79 Å². The molecule has 3 heterocycles. The lowest BCUT2D eigenvalue weighted by atomic mass is 9.77. The number of carbonyl (C=O) groups excluding carboxylic acids is 2. The standard InChI is InChI=1S/C24H39N4O3/c1-17-20(22(29)27(5)6)7-8-21(26-17)31-23(30)28(24(2,3)4)15-11-19(12-16-28)18-9-13-25-14-10-18/h7-8,18-19,25H,9-16H2,1-6H3/q+1. The van der Waals surface area contributed by atoms with Crippen LogP contribution in [-0.4, -0.2) is 72.2 Å². The number of aromatic nitrogens is 1. The van der Waals surface area contributed by atoms with E-state index in [4.69, 9.17) is 4.74 Å². The maximum absolute atomic E-state index is 13.5. The average Bonchev–Trinajstić information content (AvgIpc) is 2.73. The molecule has 1 aromatic rings. The summed E-state index contributed by atoms with van der Waals surface area (Å²) in [6.45, 7) is 12.0. The number of quaternary nitrogens is 1. The van der Waals surface area contributed by atoms with Gasteiger partial charge in [-0.2, -0.15) is 4.79 Å². The quantitative estimate of drug-likeness (QED) is 0.740. The van der Waals surface area contributed by atoms with E-state index in [1.54, 1.807) is 33.2 Å². The van der Waals surface area contributed by atoms with Gasteiger partial charge in [-0.05, 0) is 71.5 Å². The molecule has 7 nitrogen and oxygen atoms in total. The molecule has 0 bridgehead atoms. The molecule has 0 aliphatic carbocycles. The van der Waals surface area contributed by atoms with Crippen molar-refractivity contribution in [2.24, 2.45) is 11.8 Å². The topological polar surface area (TPSA) is 71.5 Å². The Balaban J connectivity index is 1.74. The fourth-order valence-corrected chi connectivity index (χ4v) is 5.18. The molecule has 0 saturated carbocycles. The van der Waals surface area contributed by atoms with E-state index in [0.29, 0.717) is 21.7 Å². The molecule has 0 spiro atoms. The Hall–Kier alpha value is -1.99. The Morgan fingerprint density at radius 1 is 1.06 bits per heavy atom. The molecule has 3 rings (SSSR count). The van der Waals surface area contributed by atoms with Crippen LogP contribution in [0.3, 0.4) is 0 Å². The largest absolute Gasteiger partial charge is 0.523 e. The number of hydrogen-bond acceptors (Lipinski definition) is 5. The first kappa shape index (κ1) is 23.7. The zero-order valence-corrected chi connectivity index (χ0v) is 20.0. The Labute approximate surface area is 186 Å². The molecule has 2 aliphatic rings. The van der Waals surface area contributed by atoms with E-state index in [-0.39, 0.29) is 23.4 Å². The smallest absolute Gasteiger partial charge is 0.362 e. The van der Waals surface area contributed by atoms with Crippen LogP contribution in [-0.2, 0) is 0 Å². The minimum Gasteiger partial charge on any atom is -0.362 e. The summed E-state index contributed by atoms with van der Waals surface area (Å²) in [5.41, 5.74) is 0.828. The number of ether oxygens (including phenoxy) is 1. The van der Waals surface area contributed by atoms with Gasteiger partial charge in [-0.25, -0.2) is 9.47 Å². The summed E-state index contributed by atoms with van der Waals surface area (Å²) in [4.78, 5) is 31.7. The summed E-state index contributed by atoms with van der Waals surface area (Å²) in [6, 6.07) is 3.32. The summed E-state index contributed by atoms with van der Waals surface area (Å²) < 4.78 is 6.14. The van der Waals surface area contributed by atoms with Gasteiger partial charge in [-0.1, -0.05) is 0 Å². The number of rotatable bonds is 3. The lowest BCUT2D eigenvalue weighted by Gasteiger charge is -2.49. The van der Waals surface area contributed by atoms with Crippen molar-refractivity contribution >= 4 is 12.0 Å². The Morgan fingerprint density at radius 3 is 2.16 bits per heavy atom. The second kappa shape index (κ2) is 9.25. The van der Waals surface area contributed by atoms with Crippen molar-refractivity contribution in [1.82, 2.24) is 15.2 Å². The highest BCUT2D eigenvalue weighted by atomic mass is 16.6. The van der Waals surface area contributed by atoms with E-state index in [2.05, 4.69) is 31.1 Å². The van der Waals surface area contributed by atoms with Crippen LogP contribution < -0.4 is 10.1 Å². The van der Waals surface area contributed by atoms with Gasteiger partial charge in [-0.15, -0.1) is 0 Å². The highest BCUT2D eigenvalue weighted by Crippen LogP contribution is 2.38. The summed E-state index contributed by atoms with van der Waals surface area (Å²) >= 11 is 0. The molecule has 2 saturated heterocycles. The molecule has 1 N–H and O–H groups in total. The molecule has 0 aromatic carbocycles. The molecule has 7 heteroatoms. The third-order valence-corrected chi connectivity index (χ3v) is 7.34. The summed E-state index contributed by atoms with van der Waals surface area (Å²) in [5, 5.41) is 3.45. The predicted octanol–water partition coefficient (Wildman–Crippen LogP) is 3.62. The van der Waals surface area contributed by atoms with Gasteiger partial charge in [0.1, 0.15) is 5.54 Å². The number of nitrogens with zero attached hydrogens (tertiary/aromatic N) is 3. The molecule has 172 valence electrons. The van der Waals surface area contributed by atoms with Crippen LogP contribution in [0.2, 0.25) is 0 Å². The van der Waals surface area contributed by atoms with E-state index >= 15 is 0 Å². The molecule has 1 aromatic heterocycles. The molecule has 0 unspecified atom stereocenters. The average molecular weight is 432 g/mol. The number of piperidine rings is 2. The minimum atomic E-state index is -0.258. The number of amides is 2. The SMILES string of the molecule is Cc1nc(OC(=O)[N+]2(C(C)(C)C)CCC(C3CCNCC3)CC2)ccc1C(=O)N(C)C. The fraction of sp³-hybridized carbons (Fsp3) is 0.708. The van der Waals surface area contributed by atoms with Crippen molar-refractivity contribution in [2.75, 3.05) is 40.3 Å². The van der Waals surface area contributed by atoms with Crippen molar-refractivity contribution in [3.8, 4) is 5.88 Å². The first-order valence-corrected chi connectivity index (χ1v) is 11.5. The van der Waals surface area contributed by atoms with Crippen molar-refractivity contribution < 1.29 is 18.8 Å². The van der Waals surface area contributed by atoms with Crippen molar-refractivity contribution in [1.29, 1.82) is 0 Å². The van der Waals surface area contributed by atoms with Crippen LogP contribution >= 0.6 is 0 Å². The highest BCUT2D eigenvalue weighted by Gasteiger charge is 2.52. The number of aryl methyl sites for hydroxylation is 1. The van der Waals surface area contributed by atoms with Gasteiger partial charge in [0.25, 0.3) is 5.91 Å². The molecular formula is C24H39N4O3+. The summed E-state index contributed by atoms with van der Waals surface area (Å²) in [5.74, 6) is 1.62. The van der Waals surface area contributed by atoms with Crippen molar-refractivity contribution in [3.05, 3.63) is 23.4 Å². The number of likely N-dealkylation sites (tertiary alicyclic amines) is 1. The second-order valence-corrected chi connectivity index (χ2v) is 10.4. The third-order valence-electron chi connectivity index (χ3n) is 7.34. The molecule has 2 aliphatic heterocycles. The lowest BCUT2D eigenvalue weighted by Crippen LogP contribution is -2.67. The lowest BCUT2D eigenvalue weighted by molar-refractivity contribution is -0.908. The number of carbonyl (C=O) groups is 2. The molecule has 2 fully saturated rings. The maximum Gasteiger partial charge on any atom is 0.523 e. The Kier molecular flexibility index (Phi) is 7.06. The fourth-order valence-electron chi connectivity index (χ4n) is 5.18. The molecule has 2 amide bonds. The molecule has 0 radical (unpaired) electrons. The number of hydrogen-bond donors (Lipinski definition) is 1. The van der Waals surface area contributed by atoms with Crippen LogP contribution in [0.1, 0.15) is 62.5 Å². The highest BCUT2D eigenvalue weighted by molar-refractivity contribution is 5.94. The van der Waals surface area contributed by atoms with Crippen molar-refractivity contribution in [2.45, 2.75) is 58.9 Å². The van der Waals surface area contributed by atoms with Gasteiger partial charge in [0, 0.05) is 33.0 Å². The van der Waals surface area contributed by atoms with Gasteiger partial charge >= 0.3 is 6.09 Å². The zero-order valence-electron chi connectivity index (χ0n) is 20.0. The minimum absolute atomic E-state index is 0.110. The van der Waals surface area contributed by atoms with Gasteiger partial charge in [0.2, 0.25) is 5.88 Å². The first-order valence-electron chi connectivity index (χ1n) is 11.5. The van der Waals surface area contributed by atoms with Crippen LogP contribution in [0.5, 0.6) is 5.88 Å². The Bertz CT molecular complexity index is 802. The Morgan fingerprint density at radius 2 is 1.65 bits per heavy atom. The van der Waals surface area contributed by atoms with Gasteiger partial charge in [-0.3, -0.25) is 4.79 Å². The molecule has 0 atom stereocenters. The second-order valence-electron chi connectivity index (χ2n) is 10.4. The van der Waals surface area contributed by atoms with Gasteiger partial charge in [0.15, 0.2) is 0 Å². The van der Waals surface area contributed by atoms with Crippen LogP contribution in [0, 0.1) is 18.8 Å². The summed E-state index contributed by atoms with van der Waals surface area (Å²) in [6.07, 6.45) is 4.35.